The number of hydrogen-bond donors (Lipinski definition) is 1. The van der Waals surface area contributed by atoms with Crippen LogP contribution < -0.4 is 5.32 Å². The Hall–Kier alpha value is -1.40. The van der Waals surface area contributed by atoms with Crippen molar-refractivity contribution in [3.05, 3.63) is 35.9 Å². The van der Waals surface area contributed by atoms with Gasteiger partial charge in [-0.05, 0) is 25.8 Å². The van der Waals surface area contributed by atoms with E-state index in [0.717, 1.165) is 18.2 Å². The summed E-state index contributed by atoms with van der Waals surface area (Å²) in [5.74, 6) is -0.280. The molecule has 2 unspecified atom stereocenters. The SMILES string of the molecule is CCC(C)NC(=O)CN(C(C)c1ccccc1)S(C)(=O)=O. The Labute approximate surface area is 127 Å². The lowest BCUT2D eigenvalue weighted by Gasteiger charge is -2.27. The Bertz CT molecular complexity index is 558. The first-order chi connectivity index (χ1) is 9.75. The quantitative estimate of drug-likeness (QED) is 0.836. The second-order valence-electron chi connectivity index (χ2n) is 5.27. The number of amides is 1. The second kappa shape index (κ2) is 7.56. The minimum absolute atomic E-state index is 0.0333. The van der Waals surface area contributed by atoms with Gasteiger partial charge in [0.2, 0.25) is 15.9 Å². The molecule has 0 spiro atoms. The first-order valence-corrected chi connectivity index (χ1v) is 8.91. The lowest BCUT2D eigenvalue weighted by molar-refractivity contribution is -0.122. The molecule has 0 aromatic heterocycles. The molecule has 0 radical (unpaired) electrons. The third-order valence-corrected chi connectivity index (χ3v) is 4.76. The Kier molecular flexibility index (Phi) is 6.36. The Balaban J connectivity index is 2.90. The summed E-state index contributed by atoms with van der Waals surface area (Å²) in [5.41, 5.74) is 0.860. The van der Waals surface area contributed by atoms with Crippen LogP contribution in [-0.2, 0) is 14.8 Å². The number of carbonyl (C=O) groups excluding carboxylic acids is 1. The Morgan fingerprint density at radius 1 is 1.24 bits per heavy atom. The number of benzene rings is 1. The summed E-state index contributed by atoms with van der Waals surface area (Å²) < 4.78 is 25.2. The van der Waals surface area contributed by atoms with E-state index in [1.165, 1.54) is 4.31 Å². The van der Waals surface area contributed by atoms with Crippen molar-refractivity contribution >= 4 is 15.9 Å². The molecule has 1 aromatic rings. The molecule has 0 saturated carbocycles. The van der Waals surface area contributed by atoms with E-state index in [0.29, 0.717) is 0 Å². The summed E-state index contributed by atoms with van der Waals surface area (Å²) in [5, 5.41) is 2.79. The maximum absolute atomic E-state index is 12.0. The molecule has 118 valence electrons. The highest BCUT2D eigenvalue weighted by Gasteiger charge is 2.27. The van der Waals surface area contributed by atoms with Gasteiger partial charge in [0.15, 0.2) is 0 Å². The van der Waals surface area contributed by atoms with Gasteiger partial charge in [0.25, 0.3) is 0 Å². The zero-order valence-corrected chi connectivity index (χ0v) is 13.9. The molecule has 0 saturated heterocycles. The number of hydrogen-bond acceptors (Lipinski definition) is 3. The van der Waals surface area contributed by atoms with Crippen LogP contribution in [0.3, 0.4) is 0 Å². The van der Waals surface area contributed by atoms with E-state index in [1.54, 1.807) is 6.92 Å². The average molecular weight is 312 g/mol. The molecular weight excluding hydrogens is 288 g/mol. The van der Waals surface area contributed by atoms with Gasteiger partial charge in [-0.15, -0.1) is 0 Å². The normalized spacial score (nSPS) is 14.7. The van der Waals surface area contributed by atoms with Crippen molar-refractivity contribution in [1.82, 2.24) is 9.62 Å². The van der Waals surface area contributed by atoms with Crippen molar-refractivity contribution in [1.29, 1.82) is 0 Å². The molecular formula is C15H24N2O3S. The van der Waals surface area contributed by atoms with Gasteiger partial charge in [-0.1, -0.05) is 37.3 Å². The Morgan fingerprint density at radius 3 is 2.29 bits per heavy atom. The summed E-state index contributed by atoms with van der Waals surface area (Å²) in [6.07, 6.45) is 1.93. The number of nitrogens with zero attached hydrogens (tertiary/aromatic N) is 1. The molecule has 5 nitrogen and oxygen atoms in total. The fourth-order valence-electron chi connectivity index (χ4n) is 2.00. The molecule has 0 aliphatic heterocycles. The lowest BCUT2D eigenvalue weighted by Crippen LogP contribution is -2.43. The monoisotopic (exact) mass is 312 g/mol. The van der Waals surface area contributed by atoms with Crippen LogP contribution in [0.25, 0.3) is 0 Å². The van der Waals surface area contributed by atoms with E-state index in [-0.39, 0.29) is 24.5 Å². The predicted molar refractivity (Wildman–Crippen MR) is 84.3 cm³/mol. The van der Waals surface area contributed by atoms with Gasteiger partial charge in [0, 0.05) is 12.1 Å². The predicted octanol–water partition coefficient (Wildman–Crippen LogP) is 1.92. The largest absolute Gasteiger partial charge is 0.353 e. The van der Waals surface area contributed by atoms with Crippen LogP contribution in [-0.4, -0.2) is 37.5 Å². The lowest BCUT2D eigenvalue weighted by atomic mass is 10.1. The van der Waals surface area contributed by atoms with Gasteiger partial charge in [-0.2, -0.15) is 4.31 Å². The highest BCUT2D eigenvalue weighted by Crippen LogP contribution is 2.22. The number of rotatable bonds is 7. The second-order valence-corrected chi connectivity index (χ2v) is 7.21. The van der Waals surface area contributed by atoms with Gasteiger partial charge in [0.1, 0.15) is 0 Å². The van der Waals surface area contributed by atoms with Crippen molar-refractivity contribution in [3.8, 4) is 0 Å². The van der Waals surface area contributed by atoms with E-state index in [1.807, 2.05) is 44.2 Å². The van der Waals surface area contributed by atoms with E-state index in [2.05, 4.69) is 5.32 Å². The average Bonchev–Trinajstić information content (AvgIpc) is 2.43. The molecule has 1 amide bonds. The van der Waals surface area contributed by atoms with Crippen molar-refractivity contribution in [2.75, 3.05) is 12.8 Å². The van der Waals surface area contributed by atoms with Crippen LogP contribution in [0.15, 0.2) is 30.3 Å². The maximum atomic E-state index is 12.0. The first kappa shape index (κ1) is 17.7. The standard InChI is InChI=1S/C15H24N2O3S/c1-5-12(2)16-15(18)11-17(21(4,19)20)13(3)14-9-7-6-8-10-14/h6-10,12-13H,5,11H2,1-4H3,(H,16,18). The number of nitrogens with one attached hydrogen (secondary N) is 1. The van der Waals surface area contributed by atoms with Crippen LogP contribution in [0.4, 0.5) is 0 Å². The molecule has 2 atom stereocenters. The van der Waals surface area contributed by atoms with Crippen molar-refractivity contribution in [3.63, 3.8) is 0 Å². The van der Waals surface area contributed by atoms with Crippen molar-refractivity contribution < 1.29 is 13.2 Å². The van der Waals surface area contributed by atoms with E-state index in [4.69, 9.17) is 0 Å². The van der Waals surface area contributed by atoms with Crippen LogP contribution in [0.5, 0.6) is 0 Å². The van der Waals surface area contributed by atoms with Crippen LogP contribution >= 0.6 is 0 Å². The molecule has 0 aliphatic rings. The fraction of sp³-hybridized carbons (Fsp3) is 0.533. The highest BCUT2D eigenvalue weighted by atomic mass is 32.2. The van der Waals surface area contributed by atoms with Crippen LogP contribution in [0.1, 0.15) is 38.8 Å². The van der Waals surface area contributed by atoms with Crippen LogP contribution in [0, 0.1) is 0 Å². The third kappa shape index (κ3) is 5.47. The molecule has 1 aromatic carbocycles. The summed E-state index contributed by atoms with van der Waals surface area (Å²) >= 11 is 0. The molecule has 1 N–H and O–H groups in total. The highest BCUT2D eigenvalue weighted by molar-refractivity contribution is 7.88. The number of sulfonamides is 1. The third-order valence-electron chi connectivity index (χ3n) is 3.46. The van der Waals surface area contributed by atoms with Crippen LogP contribution in [0.2, 0.25) is 0 Å². The van der Waals surface area contributed by atoms with E-state index >= 15 is 0 Å². The fourth-order valence-corrected chi connectivity index (χ4v) is 3.05. The summed E-state index contributed by atoms with van der Waals surface area (Å²) in [7, 11) is -3.48. The molecule has 0 heterocycles. The van der Waals surface area contributed by atoms with Gasteiger partial charge >= 0.3 is 0 Å². The molecule has 0 aliphatic carbocycles. The van der Waals surface area contributed by atoms with E-state index < -0.39 is 10.0 Å². The first-order valence-electron chi connectivity index (χ1n) is 7.06. The zero-order valence-electron chi connectivity index (χ0n) is 13.0. The molecule has 1 rings (SSSR count). The minimum Gasteiger partial charge on any atom is -0.353 e. The molecule has 6 heteroatoms. The molecule has 21 heavy (non-hydrogen) atoms. The summed E-state index contributed by atoms with van der Waals surface area (Å²) in [6, 6.07) is 8.94. The maximum Gasteiger partial charge on any atom is 0.235 e. The summed E-state index contributed by atoms with van der Waals surface area (Å²) in [4.78, 5) is 12.0. The zero-order chi connectivity index (χ0) is 16.0. The topological polar surface area (TPSA) is 66.5 Å². The van der Waals surface area contributed by atoms with Gasteiger partial charge < -0.3 is 5.32 Å². The van der Waals surface area contributed by atoms with Crippen molar-refractivity contribution in [2.45, 2.75) is 39.3 Å². The summed E-state index contributed by atoms with van der Waals surface area (Å²) in [6.45, 7) is 5.47. The smallest absolute Gasteiger partial charge is 0.235 e. The van der Waals surface area contributed by atoms with Crippen molar-refractivity contribution in [2.24, 2.45) is 0 Å². The molecule has 0 bridgehead atoms. The molecule has 0 fully saturated rings. The van der Waals surface area contributed by atoms with Gasteiger partial charge in [-0.25, -0.2) is 8.42 Å². The minimum atomic E-state index is -3.48. The van der Waals surface area contributed by atoms with E-state index in [9.17, 15) is 13.2 Å². The van der Waals surface area contributed by atoms with Gasteiger partial charge in [-0.3, -0.25) is 4.79 Å². The Morgan fingerprint density at radius 2 is 1.81 bits per heavy atom. The number of carbonyl (C=O) groups is 1. The van der Waals surface area contributed by atoms with Gasteiger partial charge in [0.05, 0.1) is 12.8 Å².